The predicted molar refractivity (Wildman–Crippen MR) is 85.1 cm³/mol. The SMILES string of the molecule is ClCc1ccc(Br)cc1N1CCCN2CCCC2C1. The van der Waals surface area contributed by atoms with Crippen LogP contribution in [0.5, 0.6) is 0 Å². The van der Waals surface area contributed by atoms with E-state index in [4.69, 9.17) is 11.6 Å². The molecular formula is C15H20BrClN2. The van der Waals surface area contributed by atoms with E-state index in [9.17, 15) is 0 Å². The topological polar surface area (TPSA) is 6.48 Å². The molecule has 4 heteroatoms. The third-order valence-electron chi connectivity index (χ3n) is 4.34. The summed E-state index contributed by atoms with van der Waals surface area (Å²) in [6, 6.07) is 7.19. The number of alkyl halides is 1. The highest BCUT2D eigenvalue weighted by molar-refractivity contribution is 9.10. The molecule has 1 atom stereocenters. The average Bonchev–Trinajstić information content (AvgIpc) is 2.76. The summed E-state index contributed by atoms with van der Waals surface area (Å²) in [7, 11) is 0. The zero-order chi connectivity index (χ0) is 13.2. The molecule has 2 aliphatic heterocycles. The van der Waals surface area contributed by atoms with E-state index in [1.807, 2.05) is 0 Å². The van der Waals surface area contributed by atoms with Gasteiger partial charge in [-0.3, -0.25) is 4.90 Å². The first kappa shape index (κ1) is 13.7. The molecule has 0 radical (unpaired) electrons. The van der Waals surface area contributed by atoms with Gasteiger partial charge in [-0.15, -0.1) is 11.6 Å². The number of anilines is 1. The Labute approximate surface area is 128 Å². The van der Waals surface area contributed by atoms with Crippen LogP contribution in [0.3, 0.4) is 0 Å². The number of benzene rings is 1. The molecule has 0 saturated carbocycles. The van der Waals surface area contributed by atoms with Gasteiger partial charge in [0, 0.05) is 41.7 Å². The molecule has 2 fully saturated rings. The van der Waals surface area contributed by atoms with Crippen molar-refractivity contribution in [3.8, 4) is 0 Å². The van der Waals surface area contributed by atoms with Crippen LogP contribution in [0.2, 0.25) is 0 Å². The van der Waals surface area contributed by atoms with Crippen LogP contribution >= 0.6 is 27.5 Å². The normalized spacial score (nSPS) is 24.3. The minimum absolute atomic E-state index is 0.591. The largest absolute Gasteiger partial charge is 0.370 e. The van der Waals surface area contributed by atoms with Crippen LogP contribution in [0.1, 0.15) is 24.8 Å². The maximum absolute atomic E-state index is 6.10. The van der Waals surface area contributed by atoms with Gasteiger partial charge in [-0.05, 0) is 43.5 Å². The van der Waals surface area contributed by atoms with Crippen molar-refractivity contribution in [2.75, 3.05) is 31.1 Å². The maximum Gasteiger partial charge on any atom is 0.0494 e. The van der Waals surface area contributed by atoms with E-state index in [1.165, 1.54) is 43.6 Å². The van der Waals surface area contributed by atoms with Crippen molar-refractivity contribution in [3.63, 3.8) is 0 Å². The zero-order valence-electron chi connectivity index (χ0n) is 11.1. The first-order chi connectivity index (χ1) is 9.28. The summed E-state index contributed by atoms with van der Waals surface area (Å²) in [5, 5.41) is 0. The van der Waals surface area contributed by atoms with E-state index < -0.39 is 0 Å². The van der Waals surface area contributed by atoms with E-state index in [-0.39, 0.29) is 0 Å². The van der Waals surface area contributed by atoms with E-state index >= 15 is 0 Å². The predicted octanol–water partition coefficient (Wildman–Crippen LogP) is 3.86. The summed E-state index contributed by atoms with van der Waals surface area (Å²) < 4.78 is 1.14. The molecule has 0 bridgehead atoms. The van der Waals surface area contributed by atoms with Crippen molar-refractivity contribution in [2.24, 2.45) is 0 Å². The average molecular weight is 344 g/mol. The molecule has 0 aromatic heterocycles. The van der Waals surface area contributed by atoms with Gasteiger partial charge in [-0.1, -0.05) is 22.0 Å². The maximum atomic E-state index is 6.10. The van der Waals surface area contributed by atoms with Crippen LogP contribution in [0.4, 0.5) is 5.69 Å². The third-order valence-corrected chi connectivity index (χ3v) is 5.12. The second kappa shape index (κ2) is 6.02. The lowest BCUT2D eigenvalue weighted by molar-refractivity contribution is 0.273. The summed E-state index contributed by atoms with van der Waals surface area (Å²) in [6.45, 7) is 4.85. The van der Waals surface area contributed by atoms with Crippen molar-refractivity contribution in [1.29, 1.82) is 0 Å². The highest BCUT2D eigenvalue weighted by atomic mass is 79.9. The molecule has 2 nitrogen and oxygen atoms in total. The minimum Gasteiger partial charge on any atom is -0.370 e. The summed E-state index contributed by atoms with van der Waals surface area (Å²) in [5.74, 6) is 0.591. The van der Waals surface area contributed by atoms with Gasteiger partial charge in [0.2, 0.25) is 0 Å². The number of halogens is 2. The van der Waals surface area contributed by atoms with Gasteiger partial charge in [0.15, 0.2) is 0 Å². The van der Waals surface area contributed by atoms with Gasteiger partial charge in [-0.25, -0.2) is 0 Å². The molecule has 2 saturated heterocycles. The Hall–Kier alpha value is -0.250. The molecule has 0 spiro atoms. The fraction of sp³-hybridized carbons (Fsp3) is 0.600. The molecular weight excluding hydrogens is 324 g/mol. The standard InChI is InChI=1S/C15H20BrClN2/c16-13-5-4-12(10-17)15(9-13)19-8-2-7-18-6-1-3-14(18)11-19/h4-5,9,14H,1-3,6-8,10-11H2. The fourth-order valence-electron chi connectivity index (χ4n) is 3.37. The Morgan fingerprint density at radius 1 is 1.21 bits per heavy atom. The van der Waals surface area contributed by atoms with Gasteiger partial charge in [0.05, 0.1) is 0 Å². The highest BCUT2D eigenvalue weighted by Gasteiger charge is 2.29. The van der Waals surface area contributed by atoms with Crippen molar-refractivity contribution in [1.82, 2.24) is 4.90 Å². The molecule has 1 aromatic carbocycles. The van der Waals surface area contributed by atoms with Crippen molar-refractivity contribution in [3.05, 3.63) is 28.2 Å². The molecule has 0 aliphatic carbocycles. The van der Waals surface area contributed by atoms with Crippen LogP contribution in [-0.4, -0.2) is 37.1 Å². The molecule has 2 aliphatic rings. The van der Waals surface area contributed by atoms with Crippen LogP contribution in [0.25, 0.3) is 0 Å². The van der Waals surface area contributed by atoms with Crippen LogP contribution in [0, 0.1) is 0 Å². The monoisotopic (exact) mass is 342 g/mol. The summed E-state index contributed by atoms with van der Waals surface area (Å²) in [6.07, 6.45) is 3.96. The molecule has 0 N–H and O–H groups in total. The Bertz CT molecular complexity index is 452. The summed E-state index contributed by atoms with van der Waals surface area (Å²) in [4.78, 5) is 5.21. The van der Waals surface area contributed by atoms with Gasteiger partial charge in [-0.2, -0.15) is 0 Å². The van der Waals surface area contributed by atoms with Gasteiger partial charge in [0.25, 0.3) is 0 Å². The first-order valence-corrected chi connectivity index (χ1v) is 8.44. The lowest BCUT2D eigenvalue weighted by Crippen LogP contribution is -2.36. The molecule has 104 valence electrons. The van der Waals surface area contributed by atoms with E-state index in [0.29, 0.717) is 5.88 Å². The van der Waals surface area contributed by atoms with E-state index in [0.717, 1.165) is 23.6 Å². The number of nitrogens with zero attached hydrogens (tertiary/aromatic N) is 2. The van der Waals surface area contributed by atoms with Crippen LogP contribution in [-0.2, 0) is 5.88 Å². The van der Waals surface area contributed by atoms with Crippen molar-refractivity contribution in [2.45, 2.75) is 31.2 Å². The van der Waals surface area contributed by atoms with Crippen LogP contribution < -0.4 is 4.90 Å². The Morgan fingerprint density at radius 3 is 2.89 bits per heavy atom. The van der Waals surface area contributed by atoms with Gasteiger partial charge < -0.3 is 4.90 Å². The number of rotatable bonds is 2. The van der Waals surface area contributed by atoms with Gasteiger partial charge >= 0.3 is 0 Å². The molecule has 1 aromatic rings. The van der Waals surface area contributed by atoms with Crippen molar-refractivity contribution >= 4 is 33.2 Å². The molecule has 0 amide bonds. The lowest BCUT2D eigenvalue weighted by Gasteiger charge is -2.29. The smallest absolute Gasteiger partial charge is 0.0494 e. The summed E-state index contributed by atoms with van der Waals surface area (Å²) in [5.41, 5.74) is 2.56. The molecule has 1 unspecified atom stereocenters. The quantitative estimate of drug-likeness (QED) is 0.752. The first-order valence-electron chi connectivity index (χ1n) is 7.11. The van der Waals surface area contributed by atoms with E-state index in [1.54, 1.807) is 0 Å². The highest BCUT2D eigenvalue weighted by Crippen LogP contribution is 2.30. The fourth-order valence-corrected chi connectivity index (χ4v) is 3.94. The minimum atomic E-state index is 0.591. The second-order valence-electron chi connectivity index (χ2n) is 5.54. The zero-order valence-corrected chi connectivity index (χ0v) is 13.5. The third kappa shape index (κ3) is 2.93. The molecule has 3 rings (SSSR count). The van der Waals surface area contributed by atoms with Gasteiger partial charge in [0.1, 0.15) is 0 Å². The number of fused-ring (bicyclic) bond motifs is 1. The Balaban J connectivity index is 1.86. The van der Waals surface area contributed by atoms with E-state index in [2.05, 4.69) is 43.9 Å². The molecule has 19 heavy (non-hydrogen) atoms. The number of hydrogen-bond acceptors (Lipinski definition) is 2. The van der Waals surface area contributed by atoms with Crippen molar-refractivity contribution < 1.29 is 0 Å². The molecule has 2 heterocycles. The second-order valence-corrected chi connectivity index (χ2v) is 6.72. The Morgan fingerprint density at radius 2 is 2.05 bits per heavy atom. The Kier molecular flexibility index (Phi) is 4.35. The lowest BCUT2D eigenvalue weighted by atomic mass is 10.1. The number of hydrogen-bond donors (Lipinski definition) is 0. The van der Waals surface area contributed by atoms with Crippen LogP contribution in [0.15, 0.2) is 22.7 Å². The summed E-state index contributed by atoms with van der Waals surface area (Å²) >= 11 is 9.69.